The number of allylic oxidation sites excluding steroid dienone is 2. The van der Waals surface area contributed by atoms with Crippen molar-refractivity contribution in [3.63, 3.8) is 0 Å². The van der Waals surface area contributed by atoms with Crippen LogP contribution in [0.2, 0.25) is 0 Å². The minimum absolute atomic E-state index is 0.372. The molecule has 0 atom stereocenters. The average Bonchev–Trinajstić information content (AvgIpc) is 2.11. The Bertz CT molecular complexity index is 263. The van der Waals surface area contributed by atoms with Crippen molar-refractivity contribution < 1.29 is 19.4 Å². The number of ether oxygens (including phenoxy) is 1. The Kier molecular flexibility index (Phi) is 4.51. The first-order chi connectivity index (χ1) is 5.99. The van der Waals surface area contributed by atoms with E-state index in [0.717, 1.165) is 0 Å². The van der Waals surface area contributed by atoms with Crippen LogP contribution in [-0.2, 0) is 14.3 Å². The van der Waals surface area contributed by atoms with Crippen LogP contribution in [0.5, 0.6) is 0 Å². The second-order valence-corrected chi connectivity index (χ2v) is 2.48. The lowest BCUT2D eigenvalue weighted by atomic mass is 10.1. The first-order valence-electron chi connectivity index (χ1n) is 3.68. The van der Waals surface area contributed by atoms with Crippen molar-refractivity contribution >= 4 is 11.9 Å². The van der Waals surface area contributed by atoms with Gasteiger partial charge in [0.2, 0.25) is 0 Å². The van der Waals surface area contributed by atoms with E-state index in [1.165, 1.54) is 6.08 Å². The van der Waals surface area contributed by atoms with Gasteiger partial charge in [-0.15, -0.1) is 0 Å². The lowest BCUT2D eigenvalue weighted by molar-refractivity contribution is -0.152. The Morgan fingerprint density at radius 1 is 1.46 bits per heavy atom. The number of rotatable bonds is 4. The molecule has 0 aromatic carbocycles. The van der Waals surface area contributed by atoms with Gasteiger partial charge in [0.05, 0.1) is 0 Å². The molecule has 0 heterocycles. The van der Waals surface area contributed by atoms with Crippen molar-refractivity contribution in [1.29, 1.82) is 0 Å². The van der Waals surface area contributed by atoms with E-state index in [9.17, 15) is 9.59 Å². The largest absolute Gasteiger partial charge is 0.479 e. The van der Waals surface area contributed by atoms with Crippen LogP contribution in [0.1, 0.15) is 13.8 Å². The normalized spacial score (nSPS) is 11.5. The van der Waals surface area contributed by atoms with Gasteiger partial charge in [0.15, 0.2) is 6.61 Å². The Morgan fingerprint density at radius 3 is 2.38 bits per heavy atom. The van der Waals surface area contributed by atoms with E-state index < -0.39 is 18.5 Å². The molecule has 0 bridgehead atoms. The zero-order valence-electron chi connectivity index (χ0n) is 7.66. The molecule has 0 aliphatic rings. The standard InChI is InChI=1S/C9H12O4/c1-4-6(2)7(3)9(12)13-5-8(10)11/h4H,1,5H2,2-3H3,(H,10,11). The Balaban J connectivity index is 4.28. The highest BCUT2D eigenvalue weighted by Crippen LogP contribution is 2.05. The predicted molar refractivity (Wildman–Crippen MR) is 47.2 cm³/mol. The number of carboxylic acids is 1. The van der Waals surface area contributed by atoms with Gasteiger partial charge in [-0.3, -0.25) is 0 Å². The number of hydrogen-bond donors (Lipinski definition) is 1. The fourth-order valence-corrected chi connectivity index (χ4v) is 0.550. The number of hydrogen-bond acceptors (Lipinski definition) is 3. The molecule has 0 amide bonds. The zero-order valence-corrected chi connectivity index (χ0v) is 7.66. The highest BCUT2D eigenvalue weighted by molar-refractivity contribution is 5.90. The number of carbonyl (C=O) groups is 2. The van der Waals surface area contributed by atoms with Gasteiger partial charge in [0.25, 0.3) is 0 Å². The SMILES string of the molecule is C=CC(C)=C(C)C(=O)OCC(=O)O. The third-order valence-electron chi connectivity index (χ3n) is 1.53. The summed E-state index contributed by atoms with van der Waals surface area (Å²) in [6, 6.07) is 0. The fraction of sp³-hybridized carbons (Fsp3) is 0.333. The molecular weight excluding hydrogens is 172 g/mol. The summed E-state index contributed by atoms with van der Waals surface area (Å²) in [6.45, 7) is 6.12. The molecule has 4 heteroatoms. The fourth-order valence-electron chi connectivity index (χ4n) is 0.550. The maximum Gasteiger partial charge on any atom is 0.341 e. The topological polar surface area (TPSA) is 63.6 Å². The first kappa shape index (κ1) is 11.4. The van der Waals surface area contributed by atoms with Crippen molar-refractivity contribution in [3.8, 4) is 0 Å². The second-order valence-electron chi connectivity index (χ2n) is 2.48. The van der Waals surface area contributed by atoms with Crippen LogP contribution in [0, 0.1) is 0 Å². The Labute approximate surface area is 76.5 Å². The number of carboxylic acid groups (broad SMARTS) is 1. The van der Waals surface area contributed by atoms with Gasteiger partial charge in [0.1, 0.15) is 0 Å². The molecule has 13 heavy (non-hydrogen) atoms. The summed E-state index contributed by atoms with van der Waals surface area (Å²) in [5.74, 6) is -1.79. The monoisotopic (exact) mass is 184 g/mol. The van der Waals surface area contributed by atoms with Crippen LogP contribution in [0.4, 0.5) is 0 Å². The van der Waals surface area contributed by atoms with Crippen LogP contribution >= 0.6 is 0 Å². The van der Waals surface area contributed by atoms with E-state index in [0.29, 0.717) is 11.1 Å². The quantitative estimate of drug-likeness (QED) is 0.404. The molecule has 0 saturated carbocycles. The van der Waals surface area contributed by atoms with Crippen LogP contribution in [0.3, 0.4) is 0 Å². The highest BCUT2D eigenvalue weighted by Gasteiger charge is 2.09. The van der Waals surface area contributed by atoms with E-state index in [-0.39, 0.29) is 0 Å². The minimum Gasteiger partial charge on any atom is -0.479 e. The number of carbonyl (C=O) groups excluding carboxylic acids is 1. The van der Waals surface area contributed by atoms with E-state index in [4.69, 9.17) is 5.11 Å². The van der Waals surface area contributed by atoms with Gasteiger partial charge in [-0.05, 0) is 19.4 Å². The minimum atomic E-state index is -1.17. The third-order valence-corrected chi connectivity index (χ3v) is 1.53. The van der Waals surface area contributed by atoms with E-state index in [2.05, 4.69) is 11.3 Å². The molecule has 1 N–H and O–H groups in total. The Morgan fingerprint density at radius 2 is 2.00 bits per heavy atom. The molecule has 0 aliphatic carbocycles. The summed E-state index contributed by atoms with van der Waals surface area (Å²) >= 11 is 0. The van der Waals surface area contributed by atoms with Crippen molar-refractivity contribution in [1.82, 2.24) is 0 Å². The summed E-state index contributed by atoms with van der Waals surface area (Å²) in [5, 5.41) is 8.23. The molecule has 0 rings (SSSR count). The molecule has 0 aromatic rings. The lowest BCUT2D eigenvalue weighted by Crippen LogP contribution is -2.14. The number of aliphatic carboxylic acids is 1. The molecule has 0 unspecified atom stereocenters. The van der Waals surface area contributed by atoms with E-state index >= 15 is 0 Å². The van der Waals surface area contributed by atoms with Crippen LogP contribution in [0.25, 0.3) is 0 Å². The molecule has 0 aromatic heterocycles. The van der Waals surface area contributed by atoms with Gasteiger partial charge in [-0.1, -0.05) is 12.7 Å². The van der Waals surface area contributed by atoms with Gasteiger partial charge in [-0.25, -0.2) is 9.59 Å². The van der Waals surface area contributed by atoms with E-state index in [1.54, 1.807) is 13.8 Å². The molecule has 72 valence electrons. The number of esters is 1. The maximum absolute atomic E-state index is 11.1. The molecule has 0 saturated heterocycles. The highest BCUT2D eigenvalue weighted by atomic mass is 16.5. The first-order valence-corrected chi connectivity index (χ1v) is 3.68. The molecule has 0 radical (unpaired) electrons. The summed E-state index contributed by atoms with van der Waals surface area (Å²) in [7, 11) is 0. The molecular formula is C9H12O4. The van der Waals surface area contributed by atoms with Gasteiger partial charge < -0.3 is 9.84 Å². The summed E-state index contributed by atoms with van der Waals surface area (Å²) in [6.07, 6.45) is 1.51. The van der Waals surface area contributed by atoms with Gasteiger partial charge in [-0.2, -0.15) is 0 Å². The molecule has 0 aliphatic heterocycles. The van der Waals surface area contributed by atoms with Crippen LogP contribution in [0.15, 0.2) is 23.8 Å². The average molecular weight is 184 g/mol. The van der Waals surface area contributed by atoms with Gasteiger partial charge >= 0.3 is 11.9 Å². The maximum atomic E-state index is 11.1. The summed E-state index contributed by atoms with van der Waals surface area (Å²) in [5.41, 5.74) is 1.05. The zero-order chi connectivity index (χ0) is 10.4. The van der Waals surface area contributed by atoms with Crippen molar-refractivity contribution in [2.45, 2.75) is 13.8 Å². The lowest BCUT2D eigenvalue weighted by Gasteiger charge is -2.03. The molecule has 0 fully saturated rings. The molecule has 0 spiro atoms. The summed E-state index contributed by atoms with van der Waals surface area (Å²) in [4.78, 5) is 21.1. The van der Waals surface area contributed by atoms with E-state index in [1.807, 2.05) is 0 Å². The third kappa shape index (κ3) is 4.10. The second kappa shape index (κ2) is 5.13. The van der Waals surface area contributed by atoms with Crippen molar-refractivity contribution in [2.24, 2.45) is 0 Å². The smallest absolute Gasteiger partial charge is 0.341 e. The summed E-state index contributed by atoms with van der Waals surface area (Å²) < 4.78 is 4.44. The Hall–Kier alpha value is -1.58. The molecule has 4 nitrogen and oxygen atoms in total. The van der Waals surface area contributed by atoms with Gasteiger partial charge in [0, 0.05) is 5.57 Å². The van der Waals surface area contributed by atoms with Crippen LogP contribution in [-0.4, -0.2) is 23.7 Å². The van der Waals surface area contributed by atoms with Crippen molar-refractivity contribution in [3.05, 3.63) is 23.8 Å². The van der Waals surface area contributed by atoms with Crippen LogP contribution < -0.4 is 0 Å². The predicted octanol–water partition coefficient (Wildman–Crippen LogP) is 1.14. The van der Waals surface area contributed by atoms with Crippen molar-refractivity contribution in [2.75, 3.05) is 6.61 Å².